The number of carbonyl (C=O) groups excluding carboxylic acids is 2. The van der Waals surface area contributed by atoms with Crippen LogP contribution in [-0.4, -0.2) is 51.1 Å². The van der Waals surface area contributed by atoms with Gasteiger partial charge >= 0.3 is 6.03 Å². The van der Waals surface area contributed by atoms with E-state index in [9.17, 15) is 19.1 Å². The summed E-state index contributed by atoms with van der Waals surface area (Å²) in [5.41, 5.74) is 7.71. The van der Waals surface area contributed by atoms with Crippen molar-refractivity contribution in [3.63, 3.8) is 0 Å². The number of pyridine rings is 1. The molecular weight excluding hydrogens is 413 g/mol. The van der Waals surface area contributed by atoms with Crippen LogP contribution in [-0.2, 0) is 17.8 Å². The Labute approximate surface area is 185 Å². The fourth-order valence-electron chi connectivity index (χ4n) is 4.18. The van der Waals surface area contributed by atoms with E-state index in [1.165, 1.54) is 37.1 Å². The average Bonchev–Trinajstić information content (AvgIpc) is 3.34. The lowest BCUT2D eigenvalue weighted by Crippen LogP contribution is -2.30. The molecular formula is C23H28FN5O3. The van der Waals surface area contributed by atoms with E-state index in [2.05, 4.69) is 33.3 Å². The Balaban J connectivity index is 0.000000427. The number of carbonyl (C=O) groups is 2. The maximum absolute atomic E-state index is 13.2. The number of urea groups is 1. The Morgan fingerprint density at radius 3 is 2.75 bits per heavy atom. The molecule has 0 saturated carbocycles. The van der Waals surface area contributed by atoms with Crippen molar-refractivity contribution in [1.29, 1.82) is 0 Å². The van der Waals surface area contributed by atoms with Crippen molar-refractivity contribution >= 4 is 23.3 Å². The lowest BCUT2D eigenvalue weighted by molar-refractivity contribution is -0.108. The highest BCUT2D eigenvalue weighted by molar-refractivity contribution is 5.84. The minimum absolute atomic E-state index is 0.0528. The van der Waals surface area contributed by atoms with Crippen LogP contribution in [0, 0.1) is 5.82 Å². The molecule has 4 N–H and O–H groups in total. The Bertz CT molecular complexity index is 1070. The van der Waals surface area contributed by atoms with Gasteiger partial charge in [0.2, 0.25) is 12.3 Å². The van der Waals surface area contributed by atoms with Crippen molar-refractivity contribution in [1.82, 2.24) is 19.8 Å². The number of benzene rings is 1. The van der Waals surface area contributed by atoms with Gasteiger partial charge in [-0.05, 0) is 55.6 Å². The second-order valence-corrected chi connectivity index (χ2v) is 7.72. The van der Waals surface area contributed by atoms with Crippen LogP contribution >= 0.6 is 0 Å². The molecule has 1 aliphatic heterocycles. The van der Waals surface area contributed by atoms with Gasteiger partial charge in [0.25, 0.3) is 0 Å². The van der Waals surface area contributed by atoms with Gasteiger partial charge in [0.05, 0.1) is 11.7 Å². The Morgan fingerprint density at radius 2 is 2.12 bits per heavy atom. The number of likely N-dealkylation sites (N-methyl/N-ethyl adjacent to an activating group) is 1. The zero-order chi connectivity index (χ0) is 23.1. The fraction of sp³-hybridized carbons (Fsp3) is 0.348. The molecule has 3 aromatic rings. The molecule has 1 atom stereocenters. The number of aromatic nitrogens is 2. The molecule has 9 heteroatoms. The Kier molecular flexibility index (Phi) is 7.77. The van der Waals surface area contributed by atoms with Gasteiger partial charge in [-0.1, -0.05) is 19.1 Å². The van der Waals surface area contributed by atoms with Crippen molar-refractivity contribution in [3.05, 3.63) is 59.7 Å². The fourth-order valence-corrected chi connectivity index (χ4v) is 4.18. The third-order valence-electron chi connectivity index (χ3n) is 5.66. The van der Waals surface area contributed by atoms with Crippen molar-refractivity contribution < 1.29 is 19.1 Å². The first-order chi connectivity index (χ1) is 15.4. The Morgan fingerprint density at radius 1 is 1.38 bits per heavy atom. The topological polar surface area (TPSA) is 113 Å². The molecule has 1 unspecified atom stereocenters. The molecule has 1 aliphatic rings. The molecule has 0 aliphatic carbocycles. The predicted molar refractivity (Wildman–Crippen MR) is 120 cm³/mol. The third kappa shape index (κ3) is 5.82. The maximum atomic E-state index is 13.2. The summed E-state index contributed by atoms with van der Waals surface area (Å²) in [4.78, 5) is 25.3. The van der Waals surface area contributed by atoms with Gasteiger partial charge < -0.3 is 20.3 Å². The van der Waals surface area contributed by atoms with E-state index in [-0.39, 0.29) is 18.1 Å². The number of rotatable bonds is 6. The monoisotopic (exact) mass is 441 g/mol. The van der Waals surface area contributed by atoms with Gasteiger partial charge in [-0.2, -0.15) is 0 Å². The minimum atomic E-state index is -0.829. The summed E-state index contributed by atoms with van der Waals surface area (Å²) in [6.45, 7) is 5.12. The zero-order valence-electron chi connectivity index (χ0n) is 18.0. The normalized spacial score (nSPS) is 15.9. The van der Waals surface area contributed by atoms with E-state index < -0.39 is 6.03 Å². The molecule has 1 fully saturated rings. The molecule has 1 aromatic carbocycles. The first kappa shape index (κ1) is 23.2. The van der Waals surface area contributed by atoms with E-state index in [0.29, 0.717) is 12.6 Å². The summed E-state index contributed by atoms with van der Waals surface area (Å²) in [6.07, 6.45) is 7.56. The molecule has 0 bridgehead atoms. The third-order valence-corrected chi connectivity index (χ3v) is 5.66. The smallest absolute Gasteiger partial charge is 0.318 e. The molecule has 1 saturated heterocycles. The molecule has 0 spiro atoms. The van der Waals surface area contributed by atoms with Crippen LogP contribution in [0.4, 0.5) is 9.18 Å². The second-order valence-electron chi connectivity index (χ2n) is 7.72. The van der Waals surface area contributed by atoms with Gasteiger partial charge in [0, 0.05) is 30.2 Å². The van der Waals surface area contributed by atoms with Crippen LogP contribution in [0.2, 0.25) is 0 Å². The molecule has 2 aromatic heterocycles. The number of halogens is 1. The van der Waals surface area contributed by atoms with Crippen LogP contribution in [0.25, 0.3) is 10.9 Å². The highest BCUT2D eigenvalue weighted by Crippen LogP contribution is 2.29. The number of nitrogens with two attached hydrogens (primary N) is 1. The van der Waals surface area contributed by atoms with Gasteiger partial charge in [0.1, 0.15) is 5.82 Å². The van der Waals surface area contributed by atoms with Crippen molar-refractivity contribution in [2.24, 2.45) is 5.73 Å². The first-order valence-corrected chi connectivity index (χ1v) is 10.6. The second kappa shape index (κ2) is 10.7. The minimum Gasteiger partial charge on any atom is -0.493 e. The number of hydrogen-bond donors (Lipinski definition) is 3. The highest BCUT2D eigenvalue weighted by atomic mass is 19.1. The maximum Gasteiger partial charge on any atom is 0.318 e. The molecule has 4 rings (SSSR count). The SMILES string of the molecule is CCN1CCCC1Cc1cn(Cc2ccc(F)cc2)c2cnc(O)cc12.NC(=O)NC=O. The number of nitrogens with zero attached hydrogens (tertiary/aromatic N) is 3. The molecule has 8 nitrogen and oxygen atoms in total. The number of fused-ring (bicyclic) bond motifs is 1. The number of likely N-dealkylation sites (tertiary alicyclic amines) is 1. The quantitative estimate of drug-likeness (QED) is 0.509. The van der Waals surface area contributed by atoms with Gasteiger partial charge in [-0.15, -0.1) is 0 Å². The summed E-state index contributed by atoms with van der Waals surface area (Å²) in [7, 11) is 0. The number of nitrogens with one attached hydrogen (secondary N) is 1. The summed E-state index contributed by atoms with van der Waals surface area (Å²) >= 11 is 0. The van der Waals surface area contributed by atoms with E-state index >= 15 is 0 Å². The molecule has 170 valence electrons. The van der Waals surface area contributed by atoms with Crippen LogP contribution < -0.4 is 11.1 Å². The number of hydrogen-bond acceptors (Lipinski definition) is 5. The van der Waals surface area contributed by atoms with Crippen LogP contribution in [0.3, 0.4) is 0 Å². The molecule has 3 amide bonds. The number of primary amides is 1. The summed E-state index contributed by atoms with van der Waals surface area (Å²) in [5.74, 6) is -0.170. The van der Waals surface area contributed by atoms with Gasteiger partial charge in [-0.25, -0.2) is 14.2 Å². The standard InChI is InChI=1S/C21H24FN3O.C2H4N2O2/c1-2-24-9-3-4-18(24)10-16-14-25(13-15-5-7-17(22)8-6-15)20-12-23-21(26)11-19(16)20;3-2(6)4-1-5/h5-8,11-12,14,18H,2-4,9-10,13H2,1H3,(H,23,26);1H,(H3,3,4,5,6). The van der Waals surface area contributed by atoms with Crippen molar-refractivity contribution in [3.8, 4) is 5.88 Å². The lowest BCUT2D eigenvalue weighted by Gasteiger charge is -2.22. The molecule has 0 radical (unpaired) electrons. The van der Waals surface area contributed by atoms with Crippen molar-refractivity contribution in [2.45, 2.75) is 38.8 Å². The van der Waals surface area contributed by atoms with E-state index in [1.54, 1.807) is 17.6 Å². The lowest BCUT2D eigenvalue weighted by atomic mass is 10.0. The number of aromatic hydroxyl groups is 1. The van der Waals surface area contributed by atoms with E-state index in [4.69, 9.17) is 0 Å². The highest BCUT2D eigenvalue weighted by Gasteiger charge is 2.24. The van der Waals surface area contributed by atoms with Crippen LogP contribution in [0.5, 0.6) is 5.88 Å². The van der Waals surface area contributed by atoms with E-state index in [1.807, 2.05) is 12.1 Å². The van der Waals surface area contributed by atoms with Crippen molar-refractivity contribution in [2.75, 3.05) is 13.1 Å². The predicted octanol–water partition coefficient (Wildman–Crippen LogP) is 2.77. The molecule has 32 heavy (non-hydrogen) atoms. The summed E-state index contributed by atoms with van der Waals surface area (Å²) in [6, 6.07) is 8.09. The average molecular weight is 442 g/mol. The number of imide groups is 1. The van der Waals surface area contributed by atoms with Crippen LogP contribution in [0.1, 0.15) is 30.9 Å². The molecule has 3 heterocycles. The Hall–Kier alpha value is -3.46. The van der Waals surface area contributed by atoms with Gasteiger partial charge in [-0.3, -0.25) is 10.1 Å². The summed E-state index contributed by atoms with van der Waals surface area (Å²) < 4.78 is 15.3. The van der Waals surface area contributed by atoms with Gasteiger partial charge in [0.15, 0.2) is 0 Å². The summed E-state index contributed by atoms with van der Waals surface area (Å²) in [5, 5.41) is 12.6. The number of amides is 3. The van der Waals surface area contributed by atoms with Crippen LogP contribution in [0.15, 0.2) is 42.7 Å². The first-order valence-electron chi connectivity index (χ1n) is 10.6. The van der Waals surface area contributed by atoms with E-state index in [0.717, 1.165) is 29.4 Å². The largest absolute Gasteiger partial charge is 0.493 e. The zero-order valence-corrected chi connectivity index (χ0v) is 18.0.